The first-order chi connectivity index (χ1) is 9.69. The maximum absolute atomic E-state index is 4.70. The topological polar surface area (TPSA) is 28.2 Å². The van der Waals surface area contributed by atoms with Crippen LogP contribution in [0.15, 0.2) is 12.1 Å². The van der Waals surface area contributed by atoms with Gasteiger partial charge in [-0.25, -0.2) is 4.98 Å². The number of hydrogen-bond acceptors (Lipinski definition) is 3. The third-order valence-corrected chi connectivity index (χ3v) is 4.15. The summed E-state index contributed by atoms with van der Waals surface area (Å²) in [5.74, 6) is 1.99. The van der Waals surface area contributed by atoms with Crippen LogP contribution >= 0.6 is 0 Å². The second kappa shape index (κ2) is 7.63. The molecule has 2 rings (SSSR count). The quantitative estimate of drug-likeness (QED) is 0.772. The Hall–Kier alpha value is -1.09. The van der Waals surface area contributed by atoms with E-state index in [-0.39, 0.29) is 0 Å². The van der Waals surface area contributed by atoms with Gasteiger partial charge in [-0.15, -0.1) is 0 Å². The molecule has 0 aromatic carbocycles. The fourth-order valence-electron chi connectivity index (χ4n) is 3.10. The van der Waals surface area contributed by atoms with Crippen LogP contribution in [0.5, 0.6) is 0 Å². The Bertz CT molecular complexity index is 411. The van der Waals surface area contributed by atoms with E-state index < -0.39 is 0 Å². The molecule has 1 fully saturated rings. The second-order valence-electron chi connectivity index (χ2n) is 6.18. The number of aryl methyl sites for hydroxylation is 1. The Morgan fingerprint density at radius 1 is 1.30 bits per heavy atom. The van der Waals surface area contributed by atoms with Crippen LogP contribution in [0, 0.1) is 12.8 Å². The molecule has 1 aromatic rings. The van der Waals surface area contributed by atoms with E-state index in [1.54, 1.807) is 0 Å². The van der Waals surface area contributed by atoms with E-state index in [2.05, 4.69) is 43.2 Å². The fraction of sp³-hybridized carbons (Fsp3) is 0.706. The molecule has 1 saturated carbocycles. The molecule has 3 nitrogen and oxygen atoms in total. The van der Waals surface area contributed by atoms with E-state index in [0.29, 0.717) is 0 Å². The van der Waals surface area contributed by atoms with Gasteiger partial charge in [-0.1, -0.05) is 19.8 Å². The number of pyridine rings is 1. The Kier molecular flexibility index (Phi) is 5.84. The first-order valence-electron chi connectivity index (χ1n) is 8.08. The van der Waals surface area contributed by atoms with Crippen LogP contribution in [0.3, 0.4) is 0 Å². The summed E-state index contributed by atoms with van der Waals surface area (Å²) < 4.78 is 0. The van der Waals surface area contributed by atoms with Gasteiger partial charge in [-0.2, -0.15) is 0 Å². The first-order valence-corrected chi connectivity index (χ1v) is 8.08. The molecule has 20 heavy (non-hydrogen) atoms. The minimum Gasteiger partial charge on any atom is -0.359 e. The van der Waals surface area contributed by atoms with Gasteiger partial charge in [0.05, 0.1) is 0 Å². The summed E-state index contributed by atoms with van der Waals surface area (Å²) >= 11 is 0. The largest absolute Gasteiger partial charge is 0.359 e. The summed E-state index contributed by atoms with van der Waals surface area (Å²) in [5, 5.41) is 3.47. The highest BCUT2D eigenvalue weighted by Gasteiger charge is 2.17. The van der Waals surface area contributed by atoms with Crippen LogP contribution in [0.1, 0.15) is 50.3 Å². The van der Waals surface area contributed by atoms with E-state index in [4.69, 9.17) is 4.98 Å². The molecule has 1 aromatic heterocycles. The standard InChI is InChI=1S/C17H29N3/c1-4-9-18-12-16-10-14(2)19-17(11-16)20(3)13-15-7-5-6-8-15/h10-11,15,18H,4-9,12-13H2,1-3H3. The molecule has 0 aliphatic heterocycles. The van der Waals surface area contributed by atoms with Crippen molar-refractivity contribution in [2.24, 2.45) is 5.92 Å². The van der Waals surface area contributed by atoms with Crippen molar-refractivity contribution < 1.29 is 0 Å². The Morgan fingerprint density at radius 2 is 2.05 bits per heavy atom. The smallest absolute Gasteiger partial charge is 0.128 e. The van der Waals surface area contributed by atoms with Gasteiger partial charge in [-0.05, 0) is 56.3 Å². The summed E-state index contributed by atoms with van der Waals surface area (Å²) in [6.45, 7) is 7.47. The third-order valence-electron chi connectivity index (χ3n) is 4.15. The maximum atomic E-state index is 4.70. The summed E-state index contributed by atoms with van der Waals surface area (Å²) in [5.41, 5.74) is 2.47. The van der Waals surface area contributed by atoms with Crippen LogP contribution < -0.4 is 10.2 Å². The monoisotopic (exact) mass is 275 g/mol. The van der Waals surface area contributed by atoms with Crippen molar-refractivity contribution in [3.05, 3.63) is 23.4 Å². The molecule has 0 spiro atoms. The van der Waals surface area contributed by atoms with Crippen LogP contribution in [-0.2, 0) is 6.54 Å². The molecular weight excluding hydrogens is 246 g/mol. The Labute approximate surface area is 123 Å². The first kappa shape index (κ1) is 15.3. The fourth-order valence-corrected chi connectivity index (χ4v) is 3.10. The van der Waals surface area contributed by atoms with Gasteiger partial charge in [0.2, 0.25) is 0 Å². The summed E-state index contributed by atoms with van der Waals surface area (Å²) in [6.07, 6.45) is 6.78. The van der Waals surface area contributed by atoms with Crippen molar-refractivity contribution in [3.8, 4) is 0 Å². The molecule has 3 heteroatoms. The minimum atomic E-state index is 0.865. The average molecular weight is 275 g/mol. The zero-order valence-electron chi connectivity index (χ0n) is 13.3. The highest BCUT2D eigenvalue weighted by atomic mass is 15.2. The van der Waals surface area contributed by atoms with Crippen molar-refractivity contribution in [1.82, 2.24) is 10.3 Å². The van der Waals surface area contributed by atoms with E-state index in [1.807, 2.05) is 0 Å². The molecule has 1 heterocycles. The number of anilines is 1. The van der Waals surface area contributed by atoms with Gasteiger partial charge in [0, 0.05) is 25.8 Å². The zero-order chi connectivity index (χ0) is 14.4. The summed E-state index contributed by atoms with van der Waals surface area (Å²) in [4.78, 5) is 7.04. The lowest BCUT2D eigenvalue weighted by molar-refractivity contribution is 0.544. The third kappa shape index (κ3) is 4.48. The lowest BCUT2D eigenvalue weighted by Crippen LogP contribution is -2.25. The lowest BCUT2D eigenvalue weighted by Gasteiger charge is -2.23. The number of nitrogens with zero attached hydrogens (tertiary/aromatic N) is 2. The lowest BCUT2D eigenvalue weighted by atomic mass is 10.1. The number of nitrogens with one attached hydrogen (secondary N) is 1. The predicted molar refractivity (Wildman–Crippen MR) is 86.2 cm³/mol. The van der Waals surface area contributed by atoms with Crippen molar-refractivity contribution in [2.75, 3.05) is 25.0 Å². The number of rotatable bonds is 7. The van der Waals surface area contributed by atoms with Crippen molar-refractivity contribution in [1.29, 1.82) is 0 Å². The zero-order valence-corrected chi connectivity index (χ0v) is 13.3. The van der Waals surface area contributed by atoms with Crippen molar-refractivity contribution in [2.45, 2.75) is 52.5 Å². The maximum Gasteiger partial charge on any atom is 0.128 e. The number of hydrogen-bond donors (Lipinski definition) is 1. The van der Waals surface area contributed by atoms with E-state index >= 15 is 0 Å². The van der Waals surface area contributed by atoms with Crippen LogP contribution in [0.25, 0.3) is 0 Å². The van der Waals surface area contributed by atoms with Gasteiger partial charge in [0.1, 0.15) is 5.82 Å². The average Bonchev–Trinajstić information content (AvgIpc) is 2.91. The molecule has 0 bridgehead atoms. The van der Waals surface area contributed by atoms with Gasteiger partial charge in [0.25, 0.3) is 0 Å². The van der Waals surface area contributed by atoms with E-state index in [1.165, 1.54) is 37.7 Å². The molecule has 0 atom stereocenters. The molecule has 1 N–H and O–H groups in total. The van der Waals surface area contributed by atoms with E-state index in [0.717, 1.165) is 37.1 Å². The van der Waals surface area contributed by atoms with Gasteiger partial charge in [-0.3, -0.25) is 0 Å². The van der Waals surface area contributed by atoms with Gasteiger partial charge >= 0.3 is 0 Å². The second-order valence-corrected chi connectivity index (χ2v) is 6.18. The molecule has 0 unspecified atom stereocenters. The molecule has 0 radical (unpaired) electrons. The highest BCUT2D eigenvalue weighted by Crippen LogP contribution is 2.26. The van der Waals surface area contributed by atoms with Gasteiger partial charge in [0.15, 0.2) is 0 Å². The normalized spacial score (nSPS) is 15.8. The molecule has 0 saturated heterocycles. The Morgan fingerprint density at radius 3 is 2.75 bits per heavy atom. The van der Waals surface area contributed by atoms with Crippen molar-refractivity contribution in [3.63, 3.8) is 0 Å². The molecule has 1 aliphatic carbocycles. The van der Waals surface area contributed by atoms with E-state index in [9.17, 15) is 0 Å². The minimum absolute atomic E-state index is 0.865. The molecular formula is C17H29N3. The summed E-state index contributed by atoms with van der Waals surface area (Å²) in [6, 6.07) is 4.43. The number of aromatic nitrogens is 1. The SMILES string of the molecule is CCCNCc1cc(C)nc(N(C)CC2CCCC2)c1. The molecule has 0 amide bonds. The summed E-state index contributed by atoms with van der Waals surface area (Å²) in [7, 11) is 2.18. The molecule has 112 valence electrons. The Balaban J connectivity index is 1.98. The predicted octanol–water partition coefficient (Wildman–Crippen LogP) is 3.52. The van der Waals surface area contributed by atoms with Crippen LogP contribution in [0.2, 0.25) is 0 Å². The highest BCUT2D eigenvalue weighted by molar-refractivity contribution is 5.42. The van der Waals surface area contributed by atoms with Crippen molar-refractivity contribution >= 4 is 5.82 Å². The van der Waals surface area contributed by atoms with Crippen LogP contribution in [-0.4, -0.2) is 25.1 Å². The molecule has 1 aliphatic rings. The van der Waals surface area contributed by atoms with Gasteiger partial charge < -0.3 is 10.2 Å². The van der Waals surface area contributed by atoms with Crippen LogP contribution in [0.4, 0.5) is 5.82 Å².